The Morgan fingerprint density at radius 1 is 0.897 bits per heavy atom. The second kappa shape index (κ2) is 7.77. The fraction of sp³-hybridized carbons (Fsp3) is 0.680. The van der Waals surface area contributed by atoms with E-state index in [9.17, 15) is 9.59 Å². The first-order valence-corrected chi connectivity index (χ1v) is 11.7. The lowest BCUT2D eigenvalue weighted by molar-refractivity contribution is -0.132. The lowest BCUT2D eigenvalue weighted by Gasteiger charge is -2.56. The maximum Gasteiger partial charge on any atom is 0.239 e. The van der Waals surface area contributed by atoms with E-state index in [0.717, 1.165) is 37.0 Å². The van der Waals surface area contributed by atoms with E-state index in [1.807, 2.05) is 0 Å². The van der Waals surface area contributed by atoms with Gasteiger partial charge in [0.1, 0.15) is 0 Å². The molecule has 0 spiro atoms. The molecule has 156 valence electrons. The molecular formula is C25H34N2O2. The summed E-state index contributed by atoms with van der Waals surface area (Å²) in [6.07, 6.45) is 11.8. The summed E-state index contributed by atoms with van der Waals surface area (Å²) in [4.78, 5) is 24.9. The molecule has 4 fully saturated rings. The minimum Gasteiger partial charge on any atom is -0.354 e. The molecule has 1 aromatic rings. The summed E-state index contributed by atoms with van der Waals surface area (Å²) in [5.41, 5.74) is 3.11. The molecule has 0 saturated heterocycles. The molecule has 5 aliphatic carbocycles. The Bertz CT molecular complexity index is 751. The van der Waals surface area contributed by atoms with Crippen molar-refractivity contribution in [3.63, 3.8) is 0 Å². The Kier molecular flexibility index (Phi) is 5.13. The Hall–Kier alpha value is -1.84. The molecule has 4 saturated carbocycles. The first-order valence-electron chi connectivity index (χ1n) is 11.7. The van der Waals surface area contributed by atoms with Crippen molar-refractivity contribution in [3.8, 4) is 0 Å². The van der Waals surface area contributed by atoms with Crippen LogP contribution in [0, 0.1) is 29.1 Å². The van der Waals surface area contributed by atoms with E-state index in [4.69, 9.17) is 0 Å². The summed E-state index contributed by atoms with van der Waals surface area (Å²) in [5, 5.41) is 5.95. The molecule has 29 heavy (non-hydrogen) atoms. The highest BCUT2D eigenvalue weighted by molar-refractivity contribution is 5.84. The normalized spacial score (nSPS) is 34.5. The third-order valence-electron chi connectivity index (χ3n) is 8.18. The van der Waals surface area contributed by atoms with Crippen molar-refractivity contribution in [1.29, 1.82) is 0 Å². The monoisotopic (exact) mass is 394 g/mol. The first-order chi connectivity index (χ1) is 14.1. The van der Waals surface area contributed by atoms with E-state index in [0.29, 0.717) is 18.9 Å². The summed E-state index contributed by atoms with van der Waals surface area (Å²) < 4.78 is 0. The highest BCUT2D eigenvalue weighted by Gasteiger charge is 2.51. The Balaban J connectivity index is 1.05. The number of aryl methyl sites for hydroxylation is 1. The van der Waals surface area contributed by atoms with Crippen molar-refractivity contribution < 1.29 is 9.59 Å². The summed E-state index contributed by atoms with van der Waals surface area (Å²) in [7, 11) is 0. The van der Waals surface area contributed by atoms with Gasteiger partial charge >= 0.3 is 0 Å². The molecule has 4 bridgehead atoms. The van der Waals surface area contributed by atoms with E-state index in [1.54, 1.807) is 0 Å². The molecule has 4 nitrogen and oxygen atoms in total. The Morgan fingerprint density at radius 3 is 2.24 bits per heavy atom. The zero-order chi connectivity index (χ0) is 19.8. The van der Waals surface area contributed by atoms with Gasteiger partial charge < -0.3 is 10.6 Å². The molecule has 4 heteroatoms. The zero-order valence-electron chi connectivity index (χ0n) is 17.4. The third kappa shape index (κ3) is 4.22. The molecular weight excluding hydrogens is 360 g/mol. The summed E-state index contributed by atoms with van der Waals surface area (Å²) in [5.74, 6) is 3.10. The van der Waals surface area contributed by atoms with Gasteiger partial charge in [-0.2, -0.15) is 0 Å². The lowest BCUT2D eigenvalue weighted by atomic mass is 9.49. The largest absolute Gasteiger partial charge is 0.354 e. The molecule has 1 aromatic carbocycles. The average molecular weight is 395 g/mol. The quantitative estimate of drug-likeness (QED) is 0.774. The predicted octanol–water partition coefficient (Wildman–Crippen LogP) is 3.63. The number of benzene rings is 1. The van der Waals surface area contributed by atoms with E-state index in [2.05, 4.69) is 34.9 Å². The van der Waals surface area contributed by atoms with Crippen molar-refractivity contribution in [2.24, 2.45) is 29.1 Å². The molecule has 0 heterocycles. The molecule has 2 amide bonds. The molecule has 0 aromatic heterocycles. The number of carbonyl (C=O) groups is 2. The van der Waals surface area contributed by atoms with Crippen LogP contribution in [0.4, 0.5) is 0 Å². The van der Waals surface area contributed by atoms with Crippen LogP contribution in [0.5, 0.6) is 0 Å². The number of rotatable bonds is 6. The van der Waals surface area contributed by atoms with Crippen molar-refractivity contribution in [3.05, 3.63) is 35.4 Å². The van der Waals surface area contributed by atoms with Gasteiger partial charge in [-0.05, 0) is 98.0 Å². The molecule has 1 unspecified atom stereocenters. The lowest BCUT2D eigenvalue weighted by Crippen LogP contribution is -2.48. The number of hydrogen-bond acceptors (Lipinski definition) is 2. The third-order valence-corrected chi connectivity index (χ3v) is 8.18. The van der Waals surface area contributed by atoms with Gasteiger partial charge in [-0.15, -0.1) is 0 Å². The zero-order valence-corrected chi connectivity index (χ0v) is 17.4. The van der Waals surface area contributed by atoms with E-state index < -0.39 is 0 Å². The topological polar surface area (TPSA) is 58.2 Å². The smallest absolute Gasteiger partial charge is 0.239 e. The van der Waals surface area contributed by atoms with Crippen LogP contribution in [0.2, 0.25) is 0 Å². The van der Waals surface area contributed by atoms with Crippen LogP contribution in [0.1, 0.15) is 62.5 Å². The van der Waals surface area contributed by atoms with Gasteiger partial charge in [-0.3, -0.25) is 9.59 Å². The van der Waals surface area contributed by atoms with Crippen LogP contribution in [0.3, 0.4) is 0 Å². The fourth-order valence-electron chi connectivity index (χ4n) is 7.36. The molecule has 6 rings (SSSR count). The van der Waals surface area contributed by atoms with Crippen LogP contribution >= 0.6 is 0 Å². The summed E-state index contributed by atoms with van der Waals surface area (Å²) in [6.45, 7) is 0.826. The van der Waals surface area contributed by atoms with Gasteiger partial charge in [0.05, 0.1) is 6.54 Å². The van der Waals surface area contributed by atoms with Crippen LogP contribution in [0.25, 0.3) is 0 Å². The summed E-state index contributed by atoms with van der Waals surface area (Å²) in [6, 6.07) is 8.61. The van der Waals surface area contributed by atoms with E-state index in [-0.39, 0.29) is 23.8 Å². The maximum absolute atomic E-state index is 12.6. The van der Waals surface area contributed by atoms with Crippen molar-refractivity contribution in [1.82, 2.24) is 10.6 Å². The van der Waals surface area contributed by atoms with E-state index >= 15 is 0 Å². The summed E-state index contributed by atoms with van der Waals surface area (Å²) >= 11 is 0. The second-order valence-electron chi connectivity index (χ2n) is 10.6. The number of hydrogen-bond donors (Lipinski definition) is 2. The number of amides is 2. The van der Waals surface area contributed by atoms with Gasteiger partial charge in [-0.25, -0.2) is 0 Å². The van der Waals surface area contributed by atoms with Gasteiger partial charge in [0.15, 0.2) is 0 Å². The van der Waals surface area contributed by atoms with Gasteiger partial charge in [0.2, 0.25) is 11.8 Å². The molecule has 0 radical (unpaired) electrons. The van der Waals surface area contributed by atoms with Gasteiger partial charge in [0.25, 0.3) is 0 Å². The predicted molar refractivity (Wildman–Crippen MR) is 113 cm³/mol. The highest BCUT2D eigenvalue weighted by Crippen LogP contribution is 2.61. The highest BCUT2D eigenvalue weighted by atomic mass is 16.2. The molecule has 0 aliphatic heterocycles. The van der Waals surface area contributed by atoms with Crippen LogP contribution in [0.15, 0.2) is 24.3 Å². The van der Waals surface area contributed by atoms with Crippen molar-refractivity contribution in [2.75, 3.05) is 13.1 Å². The van der Waals surface area contributed by atoms with Crippen molar-refractivity contribution in [2.45, 2.75) is 64.2 Å². The van der Waals surface area contributed by atoms with Crippen LogP contribution in [-0.2, 0) is 22.4 Å². The van der Waals surface area contributed by atoms with Gasteiger partial charge in [0, 0.05) is 13.0 Å². The minimum atomic E-state index is -0.0530. The first kappa shape index (κ1) is 19.1. The second-order valence-corrected chi connectivity index (χ2v) is 10.6. The maximum atomic E-state index is 12.6. The SMILES string of the molecule is O=C(CNC(=O)CC12CC3CC(CC(C3)C1)C2)NCC1CCc2ccccc2C1. The molecule has 5 aliphatic rings. The van der Waals surface area contributed by atoms with Gasteiger partial charge in [-0.1, -0.05) is 24.3 Å². The number of nitrogens with one attached hydrogen (secondary N) is 2. The molecule has 1 atom stereocenters. The Morgan fingerprint density at radius 2 is 1.55 bits per heavy atom. The van der Waals surface area contributed by atoms with Crippen LogP contribution < -0.4 is 10.6 Å². The Labute approximate surface area is 174 Å². The van der Waals surface area contributed by atoms with Crippen molar-refractivity contribution >= 4 is 11.8 Å². The fourth-order valence-corrected chi connectivity index (χ4v) is 7.36. The molecule has 2 N–H and O–H groups in total. The average Bonchev–Trinajstić information content (AvgIpc) is 2.69. The van der Waals surface area contributed by atoms with E-state index in [1.165, 1.54) is 49.7 Å². The number of fused-ring (bicyclic) bond motifs is 1. The standard InChI is InChI=1S/C25H34N2O2/c28-23(14-25-11-18-7-19(12-25)9-20(8-18)13-25)27-16-24(29)26-15-17-5-6-21-3-1-2-4-22(21)10-17/h1-4,17-20H,5-16H2,(H,26,29)(H,27,28). The minimum absolute atomic E-state index is 0.0530. The van der Waals surface area contributed by atoms with Crippen LogP contribution in [-0.4, -0.2) is 24.9 Å². The number of carbonyl (C=O) groups excluding carboxylic acids is 2.